The van der Waals surface area contributed by atoms with Crippen LogP contribution in [0, 0.1) is 11.2 Å². The maximum Gasteiger partial charge on any atom is 0.324 e. The summed E-state index contributed by atoms with van der Waals surface area (Å²) in [6.45, 7) is 12.4. The minimum atomic E-state index is -0.775. The Balaban J connectivity index is 1.96. The summed E-state index contributed by atoms with van der Waals surface area (Å²) in [4.78, 5) is 17.9. The number of carbonyl (C=O) groups is 1. The molecule has 4 rings (SSSR count). The maximum absolute atomic E-state index is 15.6. The van der Waals surface area contributed by atoms with Crippen molar-refractivity contribution in [2.45, 2.75) is 77.0 Å². The van der Waals surface area contributed by atoms with Crippen molar-refractivity contribution in [3.05, 3.63) is 57.6 Å². The van der Waals surface area contributed by atoms with E-state index in [9.17, 15) is 4.79 Å². The number of pyridine rings is 1. The summed E-state index contributed by atoms with van der Waals surface area (Å²) in [5, 5.41) is 7.42. The van der Waals surface area contributed by atoms with Gasteiger partial charge >= 0.3 is 5.97 Å². The molecule has 34 heavy (non-hydrogen) atoms. The quantitative estimate of drug-likeness (QED) is 0.388. The molecular weight excluding hydrogens is 476 g/mol. The fourth-order valence-corrected chi connectivity index (χ4v) is 5.83. The van der Waals surface area contributed by atoms with Crippen LogP contribution in [-0.4, -0.2) is 35.2 Å². The van der Waals surface area contributed by atoms with Crippen molar-refractivity contribution in [2.75, 3.05) is 11.9 Å². The van der Waals surface area contributed by atoms with Gasteiger partial charge in [0.15, 0.2) is 0 Å². The second kappa shape index (κ2) is 8.65. The zero-order valence-corrected chi connectivity index (χ0v) is 21.9. The molecule has 0 aliphatic carbocycles. The molecule has 0 bridgehead atoms. The third kappa shape index (κ3) is 4.52. The number of ether oxygens (including phenoxy) is 1. The zero-order chi connectivity index (χ0) is 25.1. The van der Waals surface area contributed by atoms with Gasteiger partial charge in [0, 0.05) is 41.4 Å². The first-order chi connectivity index (χ1) is 15.7. The number of esters is 1. The molecule has 1 saturated heterocycles. The monoisotopic (exact) mass is 507 g/mol. The molecule has 0 unspecified atom stereocenters. The number of rotatable bonds is 3. The van der Waals surface area contributed by atoms with Crippen LogP contribution >= 0.6 is 23.2 Å². The number of nitrogens with zero attached hydrogens (tertiary/aromatic N) is 1. The molecule has 0 saturated carbocycles. The predicted molar refractivity (Wildman–Crippen MR) is 134 cm³/mol. The van der Waals surface area contributed by atoms with Crippen molar-refractivity contribution in [3.8, 4) is 0 Å². The fraction of sp³-hybridized carbons (Fsp3) is 0.538. The summed E-state index contributed by atoms with van der Waals surface area (Å²) in [6.07, 6.45) is 2.50. The molecule has 1 aromatic heterocycles. The van der Waals surface area contributed by atoms with Crippen LogP contribution in [0.1, 0.15) is 65.0 Å². The Bertz CT molecular complexity index is 1110. The second-order valence-corrected chi connectivity index (χ2v) is 12.4. The van der Waals surface area contributed by atoms with Gasteiger partial charge < -0.3 is 15.4 Å². The number of aromatic nitrogens is 1. The lowest BCUT2D eigenvalue weighted by molar-refractivity contribution is -0.157. The molecule has 2 aliphatic heterocycles. The van der Waals surface area contributed by atoms with Gasteiger partial charge in [0.05, 0.1) is 5.02 Å². The van der Waals surface area contributed by atoms with Gasteiger partial charge in [0.1, 0.15) is 22.6 Å². The van der Waals surface area contributed by atoms with Crippen molar-refractivity contribution in [1.29, 1.82) is 0 Å². The van der Waals surface area contributed by atoms with Gasteiger partial charge in [0.2, 0.25) is 0 Å². The summed E-state index contributed by atoms with van der Waals surface area (Å²) in [7, 11) is 0. The molecule has 184 valence electrons. The van der Waals surface area contributed by atoms with Crippen LogP contribution < -0.4 is 10.6 Å². The van der Waals surface area contributed by atoms with E-state index < -0.39 is 34.8 Å². The van der Waals surface area contributed by atoms with Gasteiger partial charge in [-0.1, -0.05) is 56.1 Å². The molecule has 3 heterocycles. The summed E-state index contributed by atoms with van der Waals surface area (Å²) in [5.74, 6) is -1.51. The molecule has 1 spiro atoms. The molecule has 0 amide bonds. The van der Waals surface area contributed by atoms with Gasteiger partial charge in [-0.05, 0) is 50.3 Å². The number of anilines is 1. The smallest absolute Gasteiger partial charge is 0.324 e. The summed E-state index contributed by atoms with van der Waals surface area (Å²) >= 11 is 12.4. The minimum Gasteiger partial charge on any atom is -0.459 e. The van der Waals surface area contributed by atoms with E-state index in [1.807, 2.05) is 20.8 Å². The van der Waals surface area contributed by atoms with E-state index in [2.05, 4.69) is 36.4 Å². The van der Waals surface area contributed by atoms with Crippen LogP contribution in [0.2, 0.25) is 10.2 Å². The molecular formula is C26H32Cl2FN3O2. The Morgan fingerprint density at radius 1 is 1.24 bits per heavy atom. The van der Waals surface area contributed by atoms with Crippen molar-refractivity contribution in [1.82, 2.24) is 10.3 Å². The highest BCUT2D eigenvalue weighted by Gasteiger charge is 2.62. The highest BCUT2D eigenvalue weighted by atomic mass is 35.5. The van der Waals surface area contributed by atoms with Crippen molar-refractivity contribution in [3.63, 3.8) is 0 Å². The molecule has 5 nitrogen and oxygen atoms in total. The van der Waals surface area contributed by atoms with Crippen LogP contribution in [0.4, 0.5) is 10.1 Å². The molecule has 4 atom stereocenters. The lowest BCUT2D eigenvalue weighted by Gasteiger charge is -2.39. The molecule has 2 aliphatic rings. The topological polar surface area (TPSA) is 63.2 Å². The standard InChI is InChI=1S/C26H32Cl2FN3O2/c1-24(2,3)11-18-26(13-31-17-10-19(28)30-12-15(17)26)20(14-8-7-9-16(27)21(14)29)22(32-18)23(33)34-25(4,5)6/h7-10,12,18,20,22,31-32H,11,13H2,1-6H3/t18-,20-,22+,26-/m0/s1. The predicted octanol–water partition coefficient (Wildman–Crippen LogP) is 6.09. The van der Waals surface area contributed by atoms with Gasteiger partial charge in [-0.15, -0.1) is 0 Å². The summed E-state index contributed by atoms with van der Waals surface area (Å²) in [6, 6.07) is 5.81. The van der Waals surface area contributed by atoms with E-state index >= 15 is 4.39 Å². The summed E-state index contributed by atoms with van der Waals surface area (Å²) < 4.78 is 21.4. The Morgan fingerprint density at radius 3 is 2.59 bits per heavy atom. The largest absolute Gasteiger partial charge is 0.459 e. The highest BCUT2D eigenvalue weighted by molar-refractivity contribution is 6.30. The number of hydrogen-bond donors (Lipinski definition) is 2. The van der Waals surface area contributed by atoms with Crippen LogP contribution in [-0.2, 0) is 14.9 Å². The number of halogens is 3. The van der Waals surface area contributed by atoms with Crippen molar-refractivity contribution in [2.24, 2.45) is 5.41 Å². The van der Waals surface area contributed by atoms with E-state index in [-0.39, 0.29) is 16.5 Å². The lowest BCUT2D eigenvalue weighted by Crippen LogP contribution is -2.46. The van der Waals surface area contributed by atoms with Crippen LogP contribution in [0.25, 0.3) is 0 Å². The van der Waals surface area contributed by atoms with E-state index in [0.717, 1.165) is 17.7 Å². The number of carbonyl (C=O) groups excluding carboxylic acids is 1. The van der Waals surface area contributed by atoms with Crippen LogP contribution in [0.3, 0.4) is 0 Å². The third-order valence-electron chi connectivity index (χ3n) is 6.63. The normalized spacial score (nSPS) is 26.4. The Hall–Kier alpha value is -1.89. The first-order valence-electron chi connectivity index (χ1n) is 11.6. The van der Waals surface area contributed by atoms with Gasteiger partial charge in [0.25, 0.3) is 0 Å². The van der Waals surface area contributed by atoms with E-state index in [4.69, 9.17) is 27.9 Å². The number of nitrogens with one attached hydrogen (secondary N) is 2. The zero-order valence-electron chi connectivity index (χ0n) is 20.4. The molecule has 8 heteroatoms. The van der Waals surface area contributed by atoms with Crippen molar-refractivity contribution >= 4 is 34.9 Å². The third-order valence-corrected chi connectivity index (χ3v) is 7.13. The molecule has 0 radical (unpaired) electrons. The first kappa shape index (κ1) is 25.2. The highest BCUT2D eigenvalue weighted by Crippen LogP contribution is 2.56. The average Bonchev–Trinajstić information content (AvgIpc) is 3.21. The Kier molecular flexibility index (Phi) is 6.41. The Labute approximate surface area is 210 Å². The molecule has 1 fully saturated rings. The Morgan fingerprint density at radius 2 is 1.94 bits per heavy atom. The maximum atomic E-state index is 15.6. The second-order valence-electron chi connectivity index (χ2n) is 11.6. The van der Waals surface area contributed by atoms with Gasteiger partial charge in [-0.25, -0.2) is 9.37 Å². The number of hydrogen-bond acceptors (Lipinski definition) is 5. The van der Waals surface area contributed by atoms with Crippen molar-refractivity contribution < 1.29 is 13.9 Å². The van der Waals surface area contributed by atoms with Crippen LogP contribution in [0.5, 0.6) is 0 Å². The lowest BCUT2D eigenvalue weighted by atomic mass is 9.63. The fourth-order valence-electron chi connectivity index (χ4n) is 5.49. The molecule has 1 aromatic carbocycles. The van der Waals surface area contributed by atoms with Crippen LogP contribution in [0.15, 0.2) is 30.5 Å². The average molecular weight is 508 g/mol. The first-order valence-corrected chi connectivity index (χ1v) is 12.3. The van der Waals surface area contributed by atoms with Gasteiger partial charge in [-0.2, -0.15) is 0 Å². The minimum absolute atomic E-state index is 0.0234. The van der Waals surface area contributed by atoms with Gasteiger partial charge in [-0.3, -0.25) is 4.79 Å². The summed E-state index contributed by atoms with van der Waals surface area (Å²) in [5.41, 5.74) is 0.719. The van der Waals surface area contributed by atoms with E-state index in [1.165, 1.54) is 6.07 Å². The SMILES string of the molecule is CC(C)(C)C[C@@H]1N[C@@H](C(=O)OC(C)(C)C)[C@H](c2cccc(Cl)c2F)[C@]12CNc1cc(Cl)ncc12. The molecule has 2 N–H and O–H groups in total. The van der Waals surface area contributed by atoms with E-state index in [0.29, 0.717) is 17.3 Å². The number of fused-ring (bicyclic) bond motifs is 2. The van der Waals surface area contributed by atoms with E-state index in [1.54, 1.807) is 24.4 Å². The number of benzene rings is 1. The molecule has 2 aromatic rings.